The summed E-state index contributed by atoms with van der Waals surface area (Å²) in [4.78, 5) is 12.7. The molecular weight excluding hydrogens is 276 g/mol. The Morgan fingerprint density at radius 2 is 1.77 bits per heavy atom. The van der Waals surface area contributed by atoms with Crippen LogP contribution in [0.15, 0.2) is 16.5 Å². The number of rotatable bonds is 5. The fourth-order valence-corrected chi connectivity index (χ4v) is 2.96. The van der Waals surface area contributed by atoms with Gasteiger partial charge in [-0.3, -0.25) is 4.79 Å². The number of benzene rings is 1. The van der Waals surface area contributed by atoms with Crippen LogP contribution in [0.2, 0.25) is 0 Å². The van der Waals surface area contributed by atoms with Gasteiger partial charge in [0, 0.05) is 17.5 Å². The molecule has 2 aromatic rings. The first-order chi connectivity index (χ1) is 10.4. The molecule has 4 nitrogen and oxygen atoms in total. The number of hydrogen-bond donors (Lipinski definition) is 2. The number of nitrogens with two attached hydrogens (primary N) is 1. The van der Waals surface area contributed by atoms with Crippen molar-refractivity contribution < 1.29 is 9.21 Å². The maximum absolute atomic E-state index is 12.7. The van der Waals surface area contributed by atoms with Crippen molar-refractivity contribution in [3.8, 4) is 0 Å². The van der Waals surface area contributed by atoms with Gasteiger partial charge in [-0.25, -0.2) is 0 Å². The number of carbonyl (C=O) groups is 1. The van der Waals surface area contributed by atoms with Crippen LogP contribution in [0.5, 0.6) is 0 Å². The van der Waals surface area contributed by atoms with Gasteiger partial charge >= 0.3 is 0 Å². The van der Waals surface area contributed by atoms with Gasteiger partial charge in [-0.15, -0.1) is 0 Å². The van der Waals surface area contributed by atoms with Crippen LogP contribution in [-0.2, 0) is 0 Å². The minimum absolute atomic E-state index is 0.179. The number of aryl methyl sites for hydroxylation is 3. The van der Waals surface area contributed by atoms with E-state index in [0.29, 0.717) is 12.3 Å². The molecule has 0 saturated carbocycles. The molecule has 0 radical (unpaired) electrons. The quantitative estimate of drug-likeness (QED) is 0.886. The van der Waals surface area contributed by atoms with Crippen LogP contribution in [0.25, 0.3) is 11.0 Å². The van der Waals surface area contributed by atoms with Gasteiger partial charge in [0.2, 0.25) is 0 Å². The first-order valence-corrected chi connectivity index (χ1v) is 7.91. The Balaban J connectivity index is 2.47. The zero-order valence-corrected chi connectivity index (χ0v) is 14.2. The molecule has 0 aliphatic heterocycles. The van der Waals surface area contributed by atoms with Crippen LogP contribution in [0, 0.1) is 20.8 Å². The van der Waals surface area contributed by atoms with Crippen LogP contribution in [0.4, 0.5) is 0 Å². The lowest BCUT2D eigenvalue weighted by atomic mass is 9.92. The highest BCUT2D eigenvalue weighted by Gasteiger charge is 2.29. The van der Waals surface area contributed by atoms with E-state index in [1.54, 1.807) is 0 Å². The second-order valence-corrected chi connectivity index (χ2v) is 6.11. The minimum atomic E-state index is -0.368. The second-order valence-electron chi connectivity index (χ2n) is 6.11. The van der Waals surface area contributed by atoms with Crippen LogP contribution in [0.1, 0.15) is 53.9 Å². The van der Waals surface area contributed by atoms with E-state index in [9.17, 15) is 4.79 Å². The van der Waals surface area contributed by atoms with E-state index in [0.717, 1.165) is 40.5 Å². The van der Waals surface area contributed by atoms with Crippen molar-refractivity contribution in [3.05, 3.63) is 34.6 Å². The van der Waals surface area contributed by atoms with Crippen molar-refractivity contribution in [1.82, 2.24) is 5.32 Å². The van der Waals surface area contributed by atoms with Gasteiger partial charge in [-0.1, -0.05) is 26.0 Å². The smallest absolute Gasteiger partial charge is 0.287 e. The Bertz CT molecular complexity index is 688. The van der Waals surface area contributed by atoms with Crippen LogP contribution in [0.3, 0.4) is 0 Å². The summed E-state index contributed by atoms with van der Waals surface area (Å²) in [5.74, 6) is 0.216. The predicted octanol–water partition coefficient (Wildman–Crippen LogP) is 3.61. The molecule has 0 atom stereocenters. The molecule has 120 valence electrons. The van der Waals surface area contributed by atoms with E-state index < -0.39 is 0 Å². The fraction of sp³-hybridized carbons (Fsp3) is 0.500. The summed E-state index contributed by atoms with van der Waals surface area (Å²) < 4.78 is 5.90. The molecule has 3 N–H and O–H groups in total. The second kappa shape index (κ2) is 6.13. The Morgan fingerprint density at radius 3 is 2.27 bits per heavy atom. The third-order valence-corrected chi connectivity index (χ3v) is 4.81. The van der Waals surface area contributed by atoms with E-state index in [-0.39, 0.29) is 11.4 Å². The third-order valence-electron chi connectivity index (χ3n) is 4.81. The number of fused-ring (bicyclic) bond motifs is 1. The lowest BCUT2D eigenvalue weighted by Crippen LogP contribution is -2.52. The molecule has 0 aliphatic rings. The molecule has 1 aromatic heterocycles. The molecule has 1 heterocycles. The highest BCUT2D eigenvalue weighted by atomic mass is 16.3. The molecule has 2 rings (SSSR count). The van der Waals surface area contributed by atoms with Gasteiger partial charge in [0.25, 0.3) is 5.91 Å². The molecular formula is C18H26N2O2. The van der Waals surface area contributed by atoms with E-state index in [1.165, 1.54) is 0 Å². The topological polar surface area (TPSA) is 68.3 Å². The number of carbonyl (C=O) groups excluding carboxylic acids is 1. The first kappa shape index (κ1) is 16.6. The van der Waals surface area contributed by atoms with Crippen LogP contribution < -0.4 is 11.1 Å². The summed E-state index contributed by atoms with van der Waals surface area (Å²) in [5.41, 5.74) is 9.36. The highest BCUT2D eigenvalue weighted by molar-refractivity contribution is 6.00. The molecule has 1 aromatic carbocycles. The number of nitrogens with one attached hydrogen (secondary N) is 1. The molecule has 1 amide bonds. The summed E-state index contributed by atoms with van der Waals surface area (Å²) in [7, 11) is 0. The zero-order chi connectivity index (χ0) is 16.5. The summed E-state index contributed by atoms with van der Waals surface area (Å²) in [6, 6.07) is 4.08. The Morgan fingerprint density at radius 1 is 1.18 bits per heavy atom. The maximum atomic E-state index is 12.7. The van der Waals surface area contributed by atoms with E-state index in [1.807, 2.05) is 40.7 Å². The van der Waals surface area contributed by atoms with E-state index >= 15 is 0 Å². The van der Waals surface area contributed by atoms with Crippen LogP contribution >= 0.6 is 0 Å². The SMILES string of the molecule is CCC(CC)(CN)NC(=O)c1oc2c(C)ccc(C)c2c1C. The molecule has 0 fully saturated rings. The Hall–Kier alpha value is -1.81. The van der Waals surface area contributed by atoms with Gasteiger partial charge in [0.05, 0.1) is 5.54 Å². The van der Waals surface area contributed by atoms with Crippen molar-refractivity contribution in [2.45, 2.75) is 53.0 Å². The molecule has 0 spiro atoms. The van der Waals surface area contributed by atoms with Crippen molar-refractivity contribution in [3.63, 3.8) is 0 Å². The molecule has 22 heavy (non-hydrogen) atoms. The normalized spacial score (nSPS) is 11.9. The first-order valence-electron chi connectivity index (χ1n) is 7.91. The van der Waals surface area contributed by atoms with E-state index in [2.05, 4.69) is 11.4 Å². The Kier molecular flexibility index (Phi) is 4.61. The standard InChI is InChI=1S/C18H26N2O2/c1-6-18(7-2,10-19)20-17(21)16-13(5)14-11(3)8-9-12(4)15(14)22-16/h8-9H,6-7,10,19H2,1-5H3,(H,20,21). The highest BCUT2D eigenvalue weighted by Crippen LogP contribution is 2.31. The van der Waals surface area contributed by atoms with Gasteiger partial charge in [-0.2, -0.15) is 0 Å². The average Bonchev–Trinajstić information content (AvgIpc) is 2.88. The zero-order valence-electron chi connectivity index (χ0n) is 14.2. The summed E-state index contributed by atoms with van der Waals surface area (Å²) in [6.07, 6.45) is 1.59. The minimum Gasteiger partial charge on any atom is -0.450 e. The predicted molar refractivity (Wildman–Crippen MR) is 90.3 cm³/mol. The molecule has 0 saturated heterocycles. The van der Waals surface area contributed by atoms with Crippen molar-refractivity contribution in [1.29, 1.82) is 0 Å². The lowest BCUT2D eigenvalue weighted by molar-refractivity contribution is 0.0868. The molecule has 4 heteroatoms. The fourth-order valence-electron chi connectivity index (χ4n) is 2.96. The van der Waals surface area contributed by atoms with E-state index in [4.69, 9.17) is 10.2 Å². The lowest BCUT2D eigenvalue weighted by Gasteiger charge is -2.31. The summed E-state index contributed by atoms with van der Waals surface area (Å²) in [6.45, 7) is 10.5. The number of amides is 1. The van der Waals surface area contributed by atoms with Crippen molar-refractivity contribution in [2.75, 3.05) is 6.54 Å². The van der Waals surface area contributed by atoms with Gasteiger partial charge in [0.1, 0.15) is 5.58 Å². The van der Waals surface area contributed by atoms with Gasteiger partial charge in [0.15, 0.2) is 5.76 Å². The number of furan rings is 1. The average molecular weight is 302 g/mol. The van der Waals surface area contributed by atoms with Crippen molar-refractivity contribution in [2.24, 2.45) is 5.73 Å². The molecule has 0 unspecified atom stereocenters. The van der Waals surface area contributed by atoms with Gasteiger partial charge in [-0.05, 0) is 44.7 Å². The molecule has 0 aliphatic carbocycles. The summed E-state index contributed by atoms with van der Waals surface area (Å²) in [5, 5.41) is 4.12. The molecule has 0 bridgehead atoms. The monoisotopic (exact) mass is 302 g/mol. The number of hydrogen-bond acceptors (Lipinski definition) is 3. The largest absolute Gasteiger partial charge is 0.450 e. The van der Waals surface area contributed by atoms with Crippen molar-refractivity contribution >= 4 is 16.9 Å². The Labute approximate surface area is 132 Å². The summed E-state index contributed by atoms with van der Waals surface area (Å²) >= 11 is 0. The maximum Gasteiger partial charge on any atom is 0.287 e. The van der Waals surface area contributed by atoms with Gasteiger partial charge < -0.3 is 15.5 Å². The van der Waals surface area contributed by atoms with Crippen LogP contribution in [-0.4, -0.2) is 18.0 Å². The third kappa shape index (κ3) is 2.63.